The number of anilines is 1. The highest BCUT2D eigenvalue weighted by Gasteiger charge is 2.22. The molecule has 1 atom stereocenters. The largest absolute Gasteiger partial charge is 0.481 e. The predicted octanol–water partition coefficient (Wildman–Crippen LogP) is 3.85. The summed E-state index contributed by atoms with van der Waals surface area (Å²) in [6.07, 6.45) is 0.0965. The van der Waals surface area contributed by atoms with Crippen molar-refractivity contribution in [3.63, 3.8) is 0 Å². The lowest BCUT2D eigenvalue weighted by Crippen LogP contribution is -2.24. The van der Waals surface area contributed by atoms with Gasteiger partial charge in [-0.15, -0.1) is 0 Å². The van der Waals surface area contributed by atoms with Gasteiger partial charge in [0.15, 0.2) is 0 Å². The minimum Gasteiger partial charge on any atom is -0.481 e. The molecule has 2 nitrogen and oxygen atoms in total. The molecule has 1 aliphatic heterocycles. The third kappa shape index (κ3) is 1.84. The van der Waals surface area contributed by atoms with Crippen molar-refractivity contribution in [2.75, 3.05) is 11.9 Å². The van der Waals surface area contributed by atoms with E-state index in [2.05, 4.69) is 55.6 Å². The molecule has 18 heavy (non-hydrogen) atoms. The lowest BCUT2D eigenvalue weighted by molar-refractivity contribution is 0.209. The normalized spacial score (nSPS) is 17.6. The van der Waals surface area contributed by atoms with Crippen molar-refractivity contribution in [2.45, 2.75) is 20.0 Å². The molecule has 0 aliphatic carbocycles. The molecule has 92 valence electrons. The van der Waals surface area contributed by atoms with Crippen LogP contribution in [0.2, 0.25) is 0 Å². The second-order valence-corrected chi connectivity index (χ2v) is 4.78. The van der Waals surface area contributed by atoms with Crippen LogP contribution in [0.5, 0.6) is 5.75 Å². The summed E-state index contributed by atoms with van der Waals surface area (Å²) in [5.74, 6) is 0.995. The van der Waals surface area contributed by atoms with Crippen LogP contribution in [0.4, 0.5) is 5.69 Å². The maximum Gasteiger partial charge on any atom is 0.146 e. The van der Waals surface area contributed by atoms with E-state index in [1.807, 2.05) is 6.07 Å². The summed E-state index contributed by atoms with van der Waals surface area (Å²) in [5.41, 5.74) is 4.81. The monoisotopic (exact) mass is 239 g/mol. The van der Waals surface area contributed by atoms with Gasteiger partial charge in [-0.05, 0) is 36.6 Å². The molecule has 2 aromatic rings. The number of benzene rings is 2. The van der Waals surface area contributed by atoms with Crippen LogP contribution in [-0.2, 0) is 0 Å². The van der Waals surface area contributed by atoms with Gasteiger partial charge >= 0.3 is 0 Å². The van der Waals surface area contributed by atoms with Gasteiger partial charge in [-0.1, -0.05) is 36.4 Å². The Morgan fingerprint density at radius 2 is 1.83 bits per heavy atom. The van der Waals surface area contributed by atoms with E-state index < -0.39 is 0 Å². The van der Waals surface area contributed by atoms with Gasteiger partial charge in [0, 0.05) is 0 Å². The van der Waals surface area contributed by atoms with Crippen LogP contribution in [0.1, 0.15) is 22.8 Å². The zero-order chi connectivity index (χ0) is 12.5. The molecule has 1 aliphatic rings. The number of ether oxygens (including phenoxy) is 1. The first-order chi connectivity index (χ1) is 8.75. The molecule has 1 heterocycles. The second-order valence-electron chi connectivity index (χ2n) is 4.78. The molecule has 0 bridgehead atoms. The highest BCUT2D eigenvalue weighted by Crippen LogP contribution is 2.37. The van der Waals surface area contributed by atoms with Crippen LogP contribution >= 0.6 is 0 Å². The van der Waals surface area contributed by atoms with Crippen LogP contribution < -0.4 is 10.1 Å². The number of nitrogens with one attached hydrogen (secondary N) is 1. The fourth-order valence-electron chi connectivity index (χ4n) is 2.32. The van der Waals surface area contributed by atoms with Gasteiger partial charge in [0.05, 0.1) is 12.2 Å². The summed E-state index contributed by atoms with van der Waals surface area (Å²) < 4.78 is 6.17. The van der Waals surface area contributed by atoms with Gasteiger partial charge in [0.2, 0.25) is 0 Å². The fourth-order valence-corrected chi connectivity index (χ4v) is 2.32. The Kier molecular flexibility index (Phi) is 2.71. The third-order valence-corrected chi connectivity index (χ3v) is 3.59. The summed E-state index contributed by atoms with van der Waals surface area (Å²) in [4.78, 5) is 0. The van der Waals surface area contributed by atoms with Gasteiger partial charge in [-0.25, -0.2) is 0 Å². The van der Waals surface area contributed by atoms with E-state index >= 15 is 0 Å². The van der Waals surface area contributed by atoms with Gasteiger partial charge in [0.1, 0.15) is 11.9 Å². The Morgan fingerprint density at radius 1 is 1.06 bits per heavy atom. The summed E-state index contributed by atoms with van der Waals surface area (Å²) in [6, 6.07) is 14.6. The molecule has 0 aromatic heterocycles. The Labute approximate surface area is 108 Å². The standard InChI is InChI=1S/C16H17NO/c1-11-8-9-14-16(12(11)2)18-15(10-17-14)13-6-4-3-5-7-13/h3-9,15,17H,10H2,1-2H3. The van der Waals surface area contributed by atoms with Crippen molar-refractivity contribution in [1.82, 2.24) is 0 Å². The van der Waals surface area contributed by atoms with E-state index in [1.54, 1.807) is 0 Å². The molecule has 0 fully saturated rings. The van der Waals surface area contributed by atoms with Crippen molar-refractivity contribution in [2.24, 2.45) is 0 Å². The lowest BCUT2D eigenvalue weighted by Gasteiger charge is -2.29. The zero-order valence-electron chi connectivity index (χ0n) is 10.7. The SMILES string of the molecule is Cc1ccc2c(c1C)OC(c1ccccc1)CN2. The highest BCUT2D eigenvalue weighted by molar-refractivity contribution is 5.63. The number of hydrogen-bond acceptors (Lipinski definition) is 2. The summed E-state index contributed by atoms with van der Waals surface area (Å²) in [7, 11) is 0. The molecule has 1 unspecified atom stereocenters. The smallest absolute Gasteiger partial charge is 0.146 e. The Morgan fingerprint density at radius 3 is 2.61 bits per heavy atom. The predicted molar refractivity (Wildman–Crippen MR) is 74.2 cm³/mol. The molecular formula is C16H17NO. The fraction of sp³-hybridized carbons (Fsp3) is 0.250. The third-order valence-electron chi connectivity index (χ3n) is 3.59. The number of rotatable bonds is 1. The Hall–Kier alpha value is -1.96. The highest BCUT2D eigenvalue weighted by atomic mass is 16.5. The molecule has 0 amide bonds. The van der Waals surface area contributed by atoms with Crippen molar-refractivity contribution in [3.05, 3.63) is 59.2 Å². The van der Waals surface area contributed by atoms with Crippen molar-refractivity contribution in [1.29, 1.82) is 0 Å². The van der Waals surface area contributed by atoms with E-state index in [4.69, 9.17) is 4.74 Å². The first-order valence-electron chi connectivity index (χ1n) is 6.31. The molecule has 2 heteroatoms. The molecular weight excluding hydrogens is 222 g/mol. The first-order valence-corrected chi connectivity index (χ1v) is 6.31. The zero-order valence-corrected chi connectivity index (χ0v) is 10.7. The van der Waals surface area contributed by atoms with Gasteiger partial charge in [-0.3, -0.25) is 0 Å². The van der Waals surface area contributed by atoms with Crippen molar-refractivity contribution < 1.29 is 4.74 Å². The average molecular weight is 239 g/mol. The molecule has 0 saturated heterocycles. The van der Waals surface area contributed by atoms with E-state index in [9.17, 15) is 0 Å². The number of hydrogen-bond donors (Lipinski definition) is 1. The van der Waals surface area contributed by atoms with E-state index in [-0.39, 0.29) is 6.10 Å². The van der Waals surface area contributed by atoms with Crippen LogP contribution in [0.3, 0.4) is 0 Å². The Bertz CT molecular complexity index is 563. The van der Waals surface area contributed by atoms with E-state index in [1.165, 1.54) is 16.7 Å². The number of fused-ring (bicyclic) bond motifs is 1. The maximum atomic E-state index is 6.17. The Balaban J connectivity index is 1.96. The van der Waals surface area contributed by atoms with Crippen LogP contribution in [0.15, 0.2) is 42.5 Å². The van der Waals surface area contributed by atoms with Crippen LogP contribution in [-0.4, -0.2) is 6.54 Å². The van der Waals surface area contributed by atoms with Gasteiger partial charge < -0.3 is 10.1 Å². The average Bonchev–Trinajstić information content (AvgIpc) is 2.44. The van der Waals surface area contributed by atoms with E-state index in [0.29, 0.717) is 0 Å². The lowest BCUT2D eigenvalue weighted by atomic mass is 10.0. The molecule has 0 spiro atoms. The minimum atomic E-state index is 0.0965. The minimum absolute atomic E-state index is 0.0965. The van der Waals surface area contributed by atoms with Crippen molar-refractivity contribution in [3.8, 4) is 5.75 Å². The quantitative estimate of drug-likeness (QED) is 0.816. The van der Waals surface area contributed by atoms with Crippen LogP contribution in [0.25, 0.3) is 0 Å². The summed E-state index contributed by atoms with van der Waals surface area (Å²) in [5, 5.41) is 3.45. The van der Waals surface area contributed by atoms with Gasteiger partial charge in [-0.2, -0.15) is 0 Å². The maximum absolute atomic E-state index is 6.17. The second kappa shape index (κ2) is 4.37. The summed E-state index contributed by atoms with van der Waals surface area (Å²) >= 11 is 0. The van der Waals surface area contributed by atoms with E-state index in [0.717, 1.165) is 18.0 Å². The van der Waals surface area contributed by atoms with Crippen LogP contribution in [0, 0.1) is 13.8 Å². The van der Waals surface area contributed by atoms with Gasteiger partial charge in [0.25, 0.3) is 0 Å². The first kappa shape index (κ1) is 11.1. The summed E-state index contributed by atoms with van der Waals surface area (Å²) in [6.45, 7) is 5.05. The molecule has 3 rings (SSSR count). The molecule has 2 aromatic carbocycles. The topological polar surface area (TPSA) is 21.3 Å². The molecule has 0 radical (unpaired) electrons. The van der Waals surface area contributed by atoms with Crippen molar-refractivity contribution >= 4 is 5.69 Å². The number of aryl methyl sites for hydroxylation is 1. The molecule has 0 saturated carbocycles. The molecule has 1 N–H and O–H groups in total.